The van der Waals surface area contributed by atoms with E-state index >= 15 is 0 Å². The van der Waals surface area contributed by atoms with E-state index in [0.29, 0.717) is 0 Å². The van der Waals surface area contributed by atoms with Gasteiger partial charge in [-0.25, -0.2) is 0 Å². The van der Waals surface area contributed by atoms with Gasteiger partial charge in [0.1, 0.15) is 0 Å². The van der Waals surface area contributed by atoms with E-state index < -0.39 is 0 Å². The number of rotatable bonds is 3. The Kier molecular flexibility index (Phi) is 3.30. The Morgan fingerprint density at radius 3 is 2.25 bits per heavy atom. The molecule has 0 amide bonds. The van der Waals surface area contributed by atoms with Gasteiger partial charge in [-0.15, -0.1) is 0 Å². The lowest BCUT2D eigenvalue weighted by molar-refractivity contribution is 1.22. The van der Waals surface area contributed by atoms with Crippen LogP contribution < -0.4 is 10.2 Å². The summed E-state index contributed by atoms with van der Waals surface area (Å²) in [7, 11) is 4.04. The lowest BCUT2D eigenvalue weighted by Crippen LogP contribution is -2.09. The highest BCUT2D eigenvalue weighted by atomic mass is 15.1. The van der Waals surface area contributed by atoms with E-state index in [0.717, 1.165) is 5.69 Å². The van der Waals surface area contributed by atoms with Crippen molar-refractivity contribution in [1.82, 2.24) is 0 Å². The SMILES string of the molecule is CNc1ccc(N(C)c2cccc3ccccc23)cc1. The number of nitrogens with zero attached hydrogens (tertiary/aromatic N) is 1. The Bertz CT molecular complexity index is 712. The molecule has 100 valence electrons. The monoisotopic (exact) mass is 262 g/mol. The minimum Gasteiger partial charge on any atom is -0.388 e. The normalized spacial score (nSPS) is 10.5. The number of hydrogen-bond donors (Lipinski definition) is 1. The summed E-state index contributed by atoms with van der Waals surface area (Å²) in [6.07, 6.45) is 0. The molecule has 0 heterocycles. The van der Waals surface area contributed by atoms with Crippen molar-refractivity contribution in [3.8, 4) is 0 Å². The van der Waals surface area contributed by atoms with Crippen LogP contribution in [0.2, 0.25) is 0 Å². The maximum absolute atomic E-state index is 3.14. The molecule has 0 aromatic heterocycles. The molecule has 0 radical (unpaired) electrons. The predicted octanol–water partition coefficient (Wildman–Crippen LogP) is 4.65. The molecule has 0 aliphatic heterocycles. The van der Waals surface area contributed by atoms with Crippen molar-refractivity contribution in [3.63, 3.8) is 0 Å². The molecule has 20 heavy (non-hydrogen) atoms. The van der Waals surface area contributed by atoms with Gasteiger partial charge >= 0.3 is 0 Å². The van der Waals surface area contributed by atoms with Crippen molar-refractivity contribution < 1.29 is 0 Å². The molecule has 1 N–H and O–H groups in total. The van der Waals surface area contributed by atoms with Crippen molar-refractivity contribution in [2.45, 2.75) is 0 Å². The van der Waals surface area contributed by atoms with Gasteiger partial charge in [0.05, 0.1) is 0 Å². The lowest BCUT2D eigenvalue weighted by Gasteiger charge is -2.21. The van der Waals surface area contributed by atoms with E-state index in [9.17, 15) is 0 Å². The van der Waals surface area contributed by atoms with E-state index in [1.807, 2.05) is 7.05 Å². The fraction of sp³-hybridized carbons (Fsp3) is 0.111. The molecule has 0 aliphatic rings. The summed E-state index contributed by atoms with van der Waals surface area (Å²) >= 11 is 0. The van der Waals surface area contributed by atoms with Gasteiger partial charge in [-0.05, 0) is 35.7 Å². The Morgan fingerprint density at radius 1 is 0.800 bits per heavy atom. The highest BCUT2D eigenvalue weighted by Gasteiger charge is 2.07. The molecule has 0 saturated carbocycles. The van der Waals surface area contributed by atoms with Crippen LogP contribution in [0.5, 0.6) is 0 Å². The molecule has 3 rings (SSSR count). The van der Waals surface area contributed by atoms with Crippen LogP contribution in [-0.2, 0) is 0 Å². The zero-order valence-electron chi connectivity index (χ0n) is 11.8. The molecule has 0 unspecified atom stereocenters. The smallest absolute Gasteiger partial charge is 0.0487 e. The van der Waals surface area contributed by atoms with Crippen LogP contribution in [0.3, 0.4) is 0 Å². The van der Waals surface area contributed by atoms with Crippen molar-refractivity contribution in [3.05, 3.63) is 66.7 Å². The van der Waals surface area contributed by atoms with Crippen LogP contribution in [0, 0.1) is 0 Å². The highest BCUT2D eigenvalue weighted by molar-refractivity contribution is 5.95. The highest BCUT2D eigenvalue weighted by Crippen LogP contribution is 2.31. The van der Waals surface area contributed by atoms with Crippen LogP contribution in [0.15, 0.2) is 66.7 Å². The quantitative estimate of drug-likeness (QED) is 0.739. The molecular weight excluding hydrogens is 244 g/mol. The summed E-state index contributed by atoms with van der Waals surface area (Å²) in [6.45, 7) is 0. The van der Waals surface area contributed by atoms with E-state index in [1.165, 1.54) is 22.1 Å². The molecule has 0 spiro atoms. The number of anilines is 3. The van der Waals surface area contributed by atoms with Crippen LogP contribution >= 0.6 is 0 Å². The fourth-order valence-electron chi connectivity index (χ4n) is 2.49. The van der Waals surface area contributed by atoms with Crippen LogP contribution in [0.1, 0.15) is 0 Å². The van der Waals surface area contributed by atoms with Crippen LogP contribution in [-0.4, -0.2) is 14.1 Å². The van der Waals surface area contributed by atoms with Crippen LogP contribution in [0.25, 0.3) is 10.8 Å². The van der Waals surface area contributed by atoms with Gasteiger partial charge in [0.15, 0.2) is 0 Å². The van der Waals surface area contributed by atoms with Gasteiger partial charge in [-0.3, -0.25) is 0 Å². The summed E-state index contributed by atoms with van der Waals surface area (Å²) in [5, 5.41) is 5.68. The molecule has 0 fully saturated rings. The first-order valence-electron chi connectivity index (χ1n) is 6.79. The van der Waals surface area contributed by atoms with E-state index in [4.69, 9.17) is 0 Å². The van der Waals surface area contributed by atoms with Gasteiger partial charge in [-0.2, -0.15) is 0 Å². The standard InChI is InChI=1S/C18H18N2/c1-19-15-10-12-16(13-11-15)20(2)18-9-5-7-14-6-3-4-8-17(14)18/h3-13,19H,1-2H3. The van der Waals surface area contributed by atoms with E-state index in [-0.39, 0.29) is 0 Å². The summed E-state index contributed by atoms with van der Waals surface area (Å²) in [5.41, 5.74) is 3.53. The third-order valence-electron chi connectivity index (χ3n) is 3.67. The largest absolute Gasteiger partial charge is 0.388 e. The van der Waals surface area contributed by atoms with Gasteiger partial charge in [0, 0.05) is 36.5 Å². The Balaban J connectivity index is 2.05. The summed E-state index contributed by atoms with van der Waals surface area (Å²) in [6, 6.07) is 23.4. The molecule has 0 saturated heterocycles. The van der Waals surface area contributed by atoms with Crippen molar-refractivity contribution in [2.24, 2.45) is 0 Å². The van der Waals surface area contributed by atoms with Crippen molar-refractivity contribution >= 4 is 27.8 Å². The topological polar surface area (TPSA) is 15.3 Å². The number of hydrogen-bond acceptors (Lipinski definition) is 2. The van der Waals surface area contributed by atoms with Crippen molar-refractivity contribution in [2.75, 3.05) is 24.3 Å². The second-order valence-corrected chi connectivity index (χ2v) is 4.85. The van der Waals surface area contributed by atoms with Gasteiger partial charge in [0.2, 0.25) is 0 Å². The first kappa shape index (κ1) is 12.5. The minimum atomic E-state index is 1.13. The van der Waals surface area contributed by atoms with Gasteiger partial charge in [-0.1, -0.05) is 36.4 Å². The third-order valence-corrected chi connectivity index (χ3v) is 3.67. The zero-order chi connectivity index (χ0) is 13.9. The molecule has 3 aromatic rings. The van der Waals surface area contributed by atoms with Crippen LogP contribution in [0.4, 0.5) is 17.1 Å². The zero-order valence-corrected chi connectivity index (χ0v) is 11.8. The number of fused-ring (bicyclic) bond motifs is 1. The molecule has 2 nitrogen and oxygen atoms in total. The van der Waals surface area contributed by atoms with Crippen molar-refractivity contribution in [1.29, 1.82) is 0 Å². The van der Waals surface area contributed by atoms with E-state index in [1.54, 1.807) is 0 Å². The molecule has 0 aliphatic carbocycles. The first-order valence-corrected chi connectivity index (χ1v) is 6.79. The summed E-state index contributed by atoms with van der Waals surface area (Å²) in [4.78, 5) is 2.22. The molecule has 0 atom stereocenters. The maximum atomic E-state index is 3.14. The molecule has 2 heteroatoms. The molecular formula is C18H18N2. The molecule has 3 aromatic carbocycles. The fourth-order valence-corrected chi connectivity index (χ4v) is 2.49. The average Bonchev–Trinajstić information content (AvgIpc) is 2.54. The second kappa shape index (κ2) is 5.25. The maximum Gasteiger partial charge on any atom is 0.0487 e. The third kappa shape index (κ3) is 2.21. The first-order chi connectivity index (χ1) is 9.79. The second-order valence-electron chi connectivity index (χ2n) is 4.85. The van der Waals surface area contributed by atoms with E-state index in [2.05, 4.69) is 84.0 Å². The Morgan fingerprint density at radius 2 is 1.50 bits per heavy atom. The predicted molar refractivity (Wildman–Crippen MR) is 88.0 cm³/mol. The minimum absolute atomic E-state index is 1.13. The Labute approximate surface area is 119 Å². The van der Waals surface area contributed by atoms with Gasteiger partial charge < -0.3 is 10.2 Å². The Hall–Kier alpha value is -2.48. The summed E-state index contributed by atoms with van der Waals surface area (Å²) < 4.78 is 0. The molecule has 0 bridgehead atoms. The van der Waals surface area contributed by atoms with Gasteiger partial charge in [0.25, 0.3) is 0 Å². The summed E-state index contributed by atoms with van der Waals surface area (Å²) in [5.74, 6) is 0. The number of benzene rings is 3. The number of nitrogens with one attached hydrogen (secondary N) is 1. The lowest BCUT2D eigenvalue weighted by atomic mass is 10.1. The average molecular weight is 262 g/mol.